The minimum absolute atomic E-state index is 0.0346. The number of rotatable bonds is 4. The maximum atomic E-state index is 13.6. The van der Waals surface area contributed by atoms with Gasteiger partial charge in [0.1, 0.15) is 11.9 Å². The first-order valence-corrected chi connectivity index (χ1v) is 11.5. The smallest absolute Gasteiger partial charge is 0.262 e. The van der Waals surface area contributed by atoms with E-state index in [0.717, 1.165) is 21.0 Å². The lowest BCUT2D eigenvalue weighted by Crippen LogP contribution is -2.51. The molecule has 0 aliphatic carbocycles. The molecule has 0 fully saturated rings. The molecule has 1 amide bonds. The van der Waals surface area contributed by atoms with Gasteiger partial charge in [0, 0.05) is 12.1 Å². The highest BCUT2D eigenvalue weighted by molar-refractivity contribution is 7.89. The highest BCUT2D eigenvalue weighted by Gasteiger charge is 2.39. The van der Waals surface area contributed by atoms with Gasteiger partial charge < -0.3 is 4.98 Å². The Morgan fingerprint density at radius 1 is 1.03 bits per heavy atom. The third kappa shape index (κ3) is 3.46. The SMILES string of the molecule is O=C(NO)[C@H]1Cc2ccccc2CN1S(=O)(=O)c1ccc2nc(-c3ccccc3)[nH]c2c1. The van der Waals surface area contributed by atoms with Gasteiger partial charge in [-0.05, 0) is 35.7 Å². The first kappa shape index (κ1) is 20.4. The van der Waals surface area contributed by atoms with Crippen molar-refractivity contribution in [3.8, 4) is 11.4 Å². The van der Waals surface area contributed by atoms with Crippen molar-refractivity contribution < 1.29 is 18.4 Å². The molecule has 1 aromatic heterocycles. The van der Waals surface area contributed by atoms with Crippen LogP contribution in [0.25, 0.3) is 22.4 Å². The van der Waals surface area contributed by atoms with Gasteiger partial charge in [0.15, 0.2) is 0 Å². The number of amides is 1. The number of benzene rings is 3. The monoisotopic (exact) mass is 448 g/mol. The highest BCUT2D eigenvalue weighted by atomic mass is 32.2. The number of sulfonamides is 1. The Bertz CT molecular complexity index is 1420. The van der Waals surface area contributed by atoms with E-state index in [2.05, 4.69) is 9.97 Å². The molecule has 2 heterocycles. The summed E-state index contributed by atoms with van der Waals surface area (Å²) in [6.45, 7) is 0.0346. The normalized spacial score (nSPS) is 16.6. The molecule has 0 spiro atoms. The number of hydrogen-bond acceptors (Lipinski definition) is 5. The Balaban J connectivity index is 1.56. The molecule has 162 valence electrons. The van der Waals surface area contributed by atoms with Gasteiger partial charge in [-0.15, -0.1) is 0 Å². The summed E-state index contributed by atoms with van der Waals surface area (Å²) in [7, 11) is -4.04. The van der Waals surface area contributed by atoms with Gasteiger partial charge in [-0.1, -0.05) is 54.6 Å². The minimum Gasteiger partial charge on any atom is -0.338 e. The lowest BCUT2D eigenvalue weighted by atomic mass is 9.95. The second kappa shape index (κ2) is 7.86. The Labute approximate surface area is 184 Å². The van der Waals surface area contributed by atoms with E-state index in [1.807, 2.05) is 54.6 Å². The van der Waals surface area contributed by atoms with Gasteiger partial charge in [0.2, 0.25) is 10.0 Å². The number of nitrogens with zero attached hydrogens (tertiary/aromatic N) is 2. The Morgan fingerprint density at radius 3 is 2.50 bits per heavy atom. The van der Waals surface area contributed by atoms with Crippen LogP contribution in [0.2, 0.25) is 0 Å². The summed E-state index contributed by atoms with van der Waals surface area (Å²) in [6.07, 6.45) is 0.173. The molecule has 0 unspecified atom stereocenters. The molecule has 3 N–H and O–H groups in total. The van der Waals surface area contributed by atoms with Crippen molar-refractivity contribution >= 4 is 27.0 Å². The number of hydrogen-bond donors (Lipinski definition) is 3. The second-order valence-corrected chi connectivity index (χ2v) is 9.54. The molecule has 0 bridgehead atoms. The fourth-order valence-electron chi connectivity index (χ4n) is 4.07. The van der Waals surface area contributed by atoms with E-state index in [-0.39, 0.29) is 17.9 Å². The molecule has 8 nitrogen and oxygen atoms in total. The quantitative estimate of drug-likeness (QED) is 0.328. The predicted octanol–water partition coefficient (Wildman–Crippen LogP) is 2.85. The fraction of sp³-hybridized carbons (Fsp3) is 0.130. The van der Waals surface area contributed by atoms with Crippen LogP contribution in [0.5, 0.6) is 0 Å². The Hall–Kier alpha value is -3.53. The van der Waals surface area contributed by atoms with Gasteiger partial charge >= 0.3 is 0 Å². The number of H-pyrrole nitrogens is 1. The number of fused-ring (bicyclic) bond motifs is 2. The zero-order valence-corrected chi connectivity index (χ0v) is 17.7. The number of aromatic amines is 1. The molecule has 0 radical (unpaired) electrons. The van der Waals surface area contributed by atoms with Crippen molar-refractivity contribution in [2.75, 3.05) is 0 Å². The lowest BCUT2D eigenvalue weighted by Gasteiger charge is -2.34. The highest BCUT2D eigenvalue weighted by Crippen LogP contribution is 2.31. The number of aromatic nitrogens is 2. The van der Waals surface area contributed by atoms with Crippen LogP contribution in [0.15, 0.2) is 77.7 Å². The molecule has 4 aromatic rings. The second-order valence-electron chi connectivity index (χ2n) is 7.65. The van der Waals surface area contributed by atoms with Gasteiger partial charge in [-0.25, -0.2) is 18.9 Å². The lowest BCUT2D eigenvalue weighted by molar-refractivity contribution is -0.133. The first-order chi connectivity index (χ1) is 15.5. The number of nitrogens with one attached hydrogen (secondary N) is 2. The van der Waals surface area contributed by atoms with E-state index in [1.165, 1.54) is 12.1 Å². The molecule has 1 aliphatic rings. The first-order valence-electron chi connectivity index (χ1n) is 10.0. The maximum absolute atomic E-state index is 13.6. The number of carbonyl (C=O) groups is 1. The van der Waals surface area contributed by atoms with Crippen LogP contribution in [0.4, 0.5) is 0 Å². The van der Waals surface area contributed by atoms with Crippen LogP contribution < -0.4 is 5.48 Å². The van der Waals surface area contributed by atoms with Crippen molar-refractivity contribution in [3.05, 3.63) is 83.9 Å². The summed E-state index contributed by atoms with van der Waals surface area (Å²) in [5.74, 6) is -0.128. The van der Waals surface area contributed by atoms with E-state index >= 15 is 0 Å². The summed E-state index contributed by atoms with van der Waals surface area (Å²) in [6, 6.07) is 20.5. The molecule has 0 saturated carbocycles. The third-order valence-electron chi connectivity index (χ3n) is 5.73. The Kier molecular flexibility index (Phi) is 5.01. The van der Waals surface area contributed by atoms with Gasteiger partial charge in [-0.3, -0.25) is 10.0 Å². The molecule has 0 saturated heterocycles. The minimum atomic E-state index is -4.04. The van der Waals surface area contributed by atoms with Gasteiger partial charge in [0.05, 0.1) is 15.9 Å². The van der Waals surface area contributed by atoms with Gasteiger partial charge in [-0.2, -0.15) is 4.31 Å². The summed E-state index contributed by atoms with van der Waals surface area (Å²) < 4.78 is 28.3. The van der Waals surface area contributed by atoms with Crippen LogP contribution in [-0.4, -0.2) is 39.8 Å². The van der Waals surface area contributed by atoms with E-state index in [1.54, 1.807) is 11.5 Å². The average Bonchev–Trinajstić information content (AvgIpc) is 3.27. The summed E-state index contributed by atoms with van der Waals surface area (Å²) >= 11 is 0. The molecule has 1 atom stereocenters. The molecule has 1 aliphatic heterocycles. The maximum Gasteiger partial charge on any atom is 0.262 e. The standard InChI is InChI=1S/C23H20N4O4S/c28-23(26-29)21-12-16-8-4-5-9-17(16)14-27(21)32(30,31)18-10-11-19-20(13-18)25-22(24-19)15-6-2-1-3-7-15/h1-11,13,21,29H,12,14H2,(H,24,25)(H,26,28)/t21-/m1/s1. The van der Waals surface area contributed by atoms with Crippen LogP contribution in [0.1, 0.15) is 11.1 Å². The molecule has 3 aromatic carbocycles. The number of imidazole rings is 1. The molecule has 9 heteroatoms. The van der Waals surface area contributed by atoms with Crippen LogP contribution in [0, 0.1) is 0 Å². The molecule has 32 heavy (non-hydrogen) atoms. The van der Waals surface area contributed by atoms with Crippen molar-refractivity contribution in [1.29, 1.82) is 0 Å². The van der Waals surface area contributed by atoms with Crippen molar-refractivity contribution in [3.63, 3.8) is 0 Å². The van der Waals surface area contributed by atoms with Crippen LogP contribution in [0.3, 0.4) is 0 Å². The van der Waals surface area contributed by atoms with E-state index in [9.17, 15) is 18.4 Å². The third-order valence-corrected chi connectivity index (χ3v) is 7.58. The summed E-state index contributed by atoms with van der Waals surface area (Å²) in [5.41, 5.74) is 5.41. The summed E-state index contributed by atoms with van der Waals surface area (Å²) in [4.78, 5) is 20.1. The van der Waals surface area contributed by atoms with Crippen molar-refractivity contribution in [1.82, 2.24) is 19.8 Å². The Morgan fingerprint density at radius 2 is 1.75 bits per heavy atom. The number of hydroxylamine groups is 1. The average molecular weight is 449 g/mol. The van der Waals surface area contributed by atoms with Crippen LogP contribution >= 0.6 is 0 Å². The molecular weight excluding hydrogens is 428 g/mol. The molecular formula is C23H20N4O4S. The van der Waals surface area contributed by atoms with Crippen molar-refractivity contribution in [2.45, 2.75) is 23.9 Å². The molecule has 5 rings (SSSR count). The van der Waals surface area contributed by atoms with E-state index < -0.39 is 22.0 Å². The van der Waals surface area contributed by atoms with Gasteiger partial charge in [0.25, 0.3) is 5.91 Å². The van der Waals surface area contributed by atoms with E-state index in [4.69, 9.17) is 0 Å². The number of carbonyl (C=O) groups excluding carboxylic acids is 1. The fourth-order valence-corrected chi connectivity index (χ4v) is 5.66. The largest absolute Gasteiger partial charge is 0.338 e. The zero-order valence-electron chi connectivity index (χ0n) is 16.9. The predicted molar refractivity (Wildman–Crippen MR) is 118 cm³/mol. The van der Waals surface area contributed by atoms with Crippen molar-refractivity contribution in [2.24, 2.45) is 0 Å². The topological polar surface area (TPSA) is 115 Å². The van der Waals surface area contributed by atoms with Crippen LogP contribution in [-0.2, 0) is 27.8 Å². The summed E-state index contributed by atoms with van der Waals surface area (Å²) in [5, 5.41) is 9.21. The zero-order chi connectivity index (χ0) is 22.3. The van der Waals surface area contributed by atoms with E-state index in [0.29, 0.717) is 16.9 Å².